The molecule has 1 fully saturated rings. The minimum atomic E-state index is -0.944. The molecule has 1 saturated heterocycles. The Kier molecular flexibility index (Phi) is 5.56. The number of halogens is 1. The van der Waals surface area contributed by atoms with Crippen LogP contribution in [0.25, 0.3) is 0 Å². The molecule has 0 spiro atoms. The van der Waals surface area contributed by atoms with Gasteiger partial charge in [-0.3, -0.25) is 4.90 Å². The van der Waals surface area contributed by atoms with E-state index in [4.69, 9.17) is 9.47 Å². The molecular weight excluding hydrogens is 321 g/mol. The molecule has 0 radical (unpaired) electrons. The fourth-order valence-corrected chi connectivity index (χ4v) is 3.03. The molecule has 0 amide bonds. The zero-order valence-corrected chi connectivity index (χ0v) is 14.4. The van der Waals surface area contributed by atoms with E-state index in [1.54, 1.807) is 19.1 Å². The highest BCUT2D eigenvalue weighted by Crippen LogP contribution is 2.21. The summed E-state index contributed by atoms with van der Waals surface area (Å²) >= 11 is 0. The minimum absolute atomic E-state index is 0.0521. The third-order valence-electron chi connectivity index (χ3n) is 4.20. The number of hydrogen-bond donors (Lipinski definition) is 1. The largest absolute Gasteiger partial charge is 0.491 e. The Morgan fingerprint density at radius 3 is 2.56 bits per heavy atom. The Morgan fingerprint density at radius 2 is 1.84 bits per heavy atom. The van der Waals surface area contributed by atoms with Crippen molar-refractivity contribution in [3.63, 3.8) is 0 Å². The molecule has 134 valence electrons. The summed E-state index contributed by atoms with van der Waals surface area (Å²) in [5.41, 5.74) is -0.944. The summed E-state index contributed by atoms with van der Waals surface area (Å²) in [5, 5.41) is 10.6. The van der Waals surface area contributed by atoms with Gasteiger partial charge in [0.25, 0.3) is 0 Å². The van der Waals surface area contributed by atoms with Crippen molar-refractivity contribution < 1.29 is 19.0 Å². The monoisotopic (exact) mass is 345 g/mol. The molecule has 0 bridgehead atoms. The molecule has 1 aliphatic heterocycles. The van der Waals surface area contributed by atoms with Crippen LogP contribution in [-0.2, 0) is 0 Å². The minimum Gasteiger partial charge on any atom is -0.491 e. The molecule has 1 aliphatic rings. The Balaban J connectivity index is 1.45. The molecular formula is C20H24FNO3. The van der Waals surface area contributed by atoms with Gasteiger partial charge in [-0.1, -0.05) is 18.2 Å². The third kappa shape index (κ3) is 5.44. The molecule has 5 heteroatoms. The average molecular weight is 345 g/mol. The van der Waals surface area contributed by atoms with E-state index in [1.165, 1.54) is 12.1 Å². The number of benzene rings is 2. The lowest BCUT2D eigenvalue weighted by atomic mass is 10.1. The number of para-hydroxylation sites is 1. The van der Waals surface area contributed by atoms with Crippen LogP contribution < -0.4 is 9.47 Å². The fourth-order valence-electron chi connectivity index (χ4n) is 3.03. The molecule has 1 N–H and O–H groups in total. The molecule has 2 atom stereocenters. The van der Waals surface area contributed by atoms with Crippen molar-refractivity contribution in [3.05, 3.63) is 60.4 Å². The number of ether oxygens (including phenoxy) is 2. The predicted octanol–water partition coefficient (Wildman–Crippen LogP) is 3.11. The number of hydrogen-bond acceptors (Lipinski definition) is 4. The number of likely N-dealkylation sites (tertiary alicyclic amines) is 1. The first-order valence-electron chi connectivity index (χ1n) is 8.55. The van der Waals surface area contributed by atoms with Crippen molar-refractivity contribution in [2.24, 2.45) is 0 Å². The Labute approximate surface area is 147 Å². The average Bonchev–Trinajstić information content (AvgIpc) is 3.02. The van der Waals surface area contributed by atoms with Crippen molar-refractivity contribution in [3.8, 4) is 11.5 Å². The number of rotatable bonds is 7. The van der Waals surface area contributed by atoms with Crippen molar-refractivity contribution in [2.75, 3.05) is 26.2 Å². The highest BCUT2D eigenvalue weighted by molar-refractivity contribution is 5.23. The van der Waals surface area contributed by atoms with Crippen LogP contribution in [-0.4, -0.2) is 48.0 Å². The predicted molar refractivity (Wildman–Crippen MR) is 94.4 cm³/mol. The van der Waals surface area contributed by atoms with Crippen molar-refractivity contribution in [2.45, 2.75) is 25.0 Å². The Morgan fingerprint density at radius 1 is 1.12 bits per heavy atom. The normalized spacial score (nSPS) is 20.2. The van der Waals surface area contributed by atoms with Gasteiger partial charge in [-0.2, -0.15) is 0 Å². The molecule has 2 aromatic carbocycles. The first-order valence-corrected chi connectivity index (χ1v) is 8.55. The van der Waals surface area contributed by atoms with E-state index in [0.717, 1.165) is 25.3 Å². The Hall–Kier alpha value is -2.11. The number of β-amino-alcohol motifs (C(OH)–C–C–N with tert-alkyl or cyclic N) is 1. The van der Waals surface area contributed by atoms with Gasteiger partial charge in [0.2, 0.25) is 0 Å². The molecule has 0 aromatic heterocycles. The number of aliphatic hydroxyl groups is 1. The first kappa shape index (κ1) is 17.7. The van der Waals surface area contributed by atoms with Crippen LogP contribution in [0, 0.1) is 5.82 Å². The maximum atomic E-state index is 12.9. The summed E-state index contributed by atoms with van der Waals surface area (Å²) < 4.78 is 24.5. The van der Waals surface area contributed by atoms with E-state index >= 15 is 0 Å². The van der Waals surface area contributed by atoms with Crippen LogP contribution in [0.5, 0.6) is 11.5 Å². The first-order chi connectivity index (χ1) is 12.0. The molecule has 4 nitrogen and oxygen atoms in total. The number of nitrogens with zero attached hydrogens (tertiary/aromatic N) is 1. The lowest BCUT2D eigenvalue weighted by molar-refractivity contribution is -0.0143. The van der Waals surface area contributed by atoms with Crippen molar-refractivity contribution >= 4 is 0 Å². The van der Waals surface area contributed by atoms with Gasteiger partial charge in [-0.15, -0.1) is 0 Å². The summed E-state index contributed by atoms with van der Waals surface area (Å²) in [5.74, 6) is 1.16. The second kappa shape index (κ2) is 7.85. The van der Waals surface area contributed by atoms with Crippen LogP contribution >= 0.6 is 0 Å². The SMILES string of the molecule is CC(O)(COc1ccccc1)CN1CCC(Oc2ccc(F)cc2)C1. The van der Waals surface area contributed by atoms with Gasteiger partial charge < -0.3 is 14.6 Å². The fraction of sp³-hybridized carbons (Fsp3) is 0.400. The Bertz CT molecular complexity index is 660. The van der Waals surface area contributed by atoms with Gasteiger partial charge in [-0.25, -0.2) is 4.39 Å². The summed E-state index contributed by atoms with van der Waals surface area (Å²) in [4.78, 5) is 2.17. The van der Waals surface area contributed by atoms with Gasteiger partial charge in [0.1, 0.15) is 35.6 Å². The highest BCUT2D eigenvalue weighted by Gasteiger charge is 2.31. The van der Waals surface area contributed by atoms with Gasteiger partial charge in [0.05, 0.1) is 0 Å². The highest BCUT2D eigenvalue weighted by atomic mass is 19.1. The molecule has 2 unspecified atom stereocenters. The molecule has 2 aromatic rings. The summed E-state index contributed by atoms with van der Waals surface area (Å²) in [6.07, 6.45) is 0.934. The van der Waals surface area contributed by atoms with Crippen LogP contribution in [0.3, 0.4) is 0 Å². The molecule has 0 aliphatic carbocycles. The van der Waals surface area contributed by atoms with E-state index in [-0.39, 0.29) is 18.5 Å². The van der Waals surface area contributed by atoms with Crippen LogP contribution in [0.4, 0.5) is 4.39 Å². The van der Waals surface area contributed by atoms with Crippen LogP contribution in [0.15, 0.2) is 54.6 Å². The van der Waals surface area contributed by atoms with Crippen LogP contribution in [0.1, 0.15) is 13.3 Å². The van der Waals surface area contributed by atoms with Crippen molar-refractivity contribution in [1.29, 1.82) is 0 Å². The van der Waals surface area contributed by atoms with Gasteiger partial charge in [0, 0.05) is 19.6 Å². The quantitative estimate of drug-likeness (QED) is 0.837. The second-order valence-electron chi connectivity index (χ2n) is 6.82. The van der Waals surface area contributed by atoms with E-state index in [2.05, 4.69) is 4.90 Å². The van der Waals surface area contributed by atoms with Crippen molar-refractivity contribution in [1.82, 2.24) is 4.90 Å². The molecule has 25 heavy (non-hydrogen) atoms. The third-order valence-corrected chi connectivity index (χ3v) is 4.20. The molecule has 0 saturated carbocycles. The molecule has 1 heterocycles. The van der Waals surface area contributed by atoms with Gasteiger partial charge in [-0.05, 0) is 49.7 Å². The van der Waals surface area contributed by atoms with E-state index in [9.17, 15) is 9.50 Å². The summed E-state index contributed by atoms with van der Waals surface area (Å²) in [6, 6.07) is 15.6. The maximum Gasteiger partial charge on any atom is 0.123 e. The standard InChI is InChI=1S/C20H24FNO3/c1-20(23,15-24-17-5-3-2-4-6-17)14-22-12-11-19(13-22)25-18-9-7-16(21)8-10-18/h2-10,19,23H,11-15H2,1H3. The molecule has 3 rings (SSSR count). The summed E-state index contributed by atoms with van der Waals surface area (Å²) in [7, 11) is 0. The smallest absolute Gasteiger partial charge is 0.123 e. The summed E-state index contributed by atoms with van der Waals surface area (Å²) in [6.45, 7) is 4.12. The van der Waals surface area contributed by atoms with E-state index < -0.39 is 5.60 Å². The lowest BCUT2D eigenvalue weighted by Crippen LogP contribution is -2.44. The van der Waals surface area contributed by atoms with E-state index in [0.29, 0.717) is 12.3 Å². The van der Waals surface area contributed by atoms with Gasteiger partial charge >= 0.3 is 0 Å². The zero-order chi connectivity index (χ0) is 17.7. The second-order valence-corrected chi connectivity index (χ2v) is 6.82. The maximum absolute atomic E-state index is 12.9. The lowest BCUT2D eigenvalue weighted by Gasteiger charge is -2.28. The van der Waals surface area contributed by atoms with Crippen LogP contribution in [0.2, 0.25) is 0 Å². The topological polar surface area (TPSA) is 41.9 Å². The zero-order valence-electron chi connectivity index (χ0n) is 14.4. The van der Waals surface area contributed by atoms with Gasteiger partial charge in [0.15, 0.2) is 0 Å². The van der Waals surface area contributed by atoms with E-state index in [1.807, 2.05) is 30.3 Å².